The minimum Gasteiger partial charge on any atom is -0.453 e. The van der Waals surface area contributed by atoms with Crippen molar-refractivity contribution in [3.63, 3.8) is 0 Å². The summed E-state index contributed by atoms with van der Waals surface area (Å²) in [5.74, 6) is 1.70. The molecule has 0 saturated carbocycles. The normalized spacial score (nSPS) is 12.1. The molecular weight excluding hydrogens is 198 g/mol. The van der Waals surface area contributed by atoms with Gasteiger partial charge in [-0.1, -0.05) is 31.2 Å². The number of ether oxygens (including phenoxy) is 1. The zero-order chi connectivity index (χ0) is 11.0. The molecule has 0 saturated heterocycles. The highest BCUT2D eigenvalue weighted by molar-refractivity contribution is 5.70. The van der Waals surface area contributed by atoms with Gasteiger partial charge in [-0.2, -0.15) is 0 Å². The van der Waals surface area contributed by atoms with E-state index in [9.17, 15) is 0 Å². The lowest BCUT2D eigenvalue weighted by Crippen LogP contribution is -2.04. The molecule has 0 aromatic heterocycles. The fourth-order valence-corrected chi connectivity index (χ4v) is 1.94. The Morgan fingerprint density at radius 3 is 2.69 bits per heavy atom. The van der Waals surface area contributed by atoms with Crippen molar-refractivity contribution >= 4 is 11.4 Å². The van der Waals surface area contributed by atoms with Gasteiger partial charge in [-0.15, -0.1) is 0 Å². The van der Waals surface area contributed by atoms with Crippen LogP contribution in [0, 0.1) is 0 Å². The van der Waals surface area contributed by atoms with Crippen LogP contribution in [0.3, 0.4) is 0 Å². The van der Waals surface area contributed by atoms with Gasteiger partial charge in [0.05, 0.1) is 0 Å². The minimum absolute atomic E-state index is 0.836. The highest BCUT2D eigenvalue weighted by atomic mass is 16.5. The molecule has 3 rings (SSSR count). The first-order valence-corrected chi connectivity index (χ1v) is 5.49. The lowest BCUT2D eigenvalue weighted by atomic mass is 10.1. The smallest absolute Gasteiger partial charge is 0.153 e. The lowest BCUT2D eigenvalue weighted by Gasteiger charge is -2.21. The molecule has 0 atom stereocenters. The van der Waals surface area contributed by atoms with Crippen molar-refractivity contribution in [1.82, 2.24) is 5.32 Å². The lowest BCUT2D eigenvalue weighted by molar-refractivity contribution is 0.470. The molecule has 0 spiro atoms. The summed E-state index contributed by atoms with van der Waals surface area (Å²) in [6, 6.07) is 13.9. The van der Waals surface area contributed by atoms with Crippen molar-refractivity contribution < 1.29 is 4.74 Å². The number of aryl methyl sites for hydroxylation is 1. The number of hydrogen-bond donors (Lipinski definition) is 0. The summed E-state index contributed by atoms with van der Waals surface area (Å²) in [5, 5.41) is 4.65. The first kappa shape index (κ1) is 9.28. The topological polar surface area (TPSA) is 23.3 Å². The molecule has 0 unspecified atom stereocenters. The van der Waals surface area contributed by atoms with Crippen LogP contribution < -0.4 is 10.1 Å². The molecule has 0 bridgehead atoms. The molecule has 1 aliphatic rings. The molecule has 0 amide bonds. The monoisotopic (exact) mass is 210 g/mol. The second-order valence-electron chi connectivity index (χ2n) is 3.80. The van der Waals surface area contributed by atoms with Crippen LogP contribution in [-0.4, -0.2) is 0 Å². The summed E-state index contributed by atoms with van der Waals surface area (Å²) in [6.07, 6.45) is 0.970. The van der Waals surface area contributed by atoms with Gasteiger partial charge in [-0.25, -0.2) is 5.32 Å². The number of fused-ring (bicyclic) bond motifs is 2. The van der Waals surface area contributed by atoms with Gasteiger partial charge in [-0.3, -0.25) is 0 Å². The molecule has 1 aliphatic heterocycles. The van der Waals surface area contributed by atoms with Gasteiger partial charge in [0.2, 0.25) is 0 Å². The SMILES string of the molecule is CCc1cccc2c1[N]c1ccccc1O2. The maximum absolute atomic E-state index is 5.83. The molecule has 2 heteroatoms. The van der Waals surface area contributed by atoms with E-state index >= 15 is 0 Å². The van der Waals surface area contributed by atoms with Crippen molar-refractivity contribution in [2.45, 2.75) is 13.3 Å². The van der Waals surface area contributed by atoms with Crippen LogP contribution in [-0.2, 0) is 6.42 Å². The number of rotatable bonds is 1. The van der Waals surface area contributed by atoms with E-state index < -0.39 is 0 Å². The standard InChI is InChI=1S/C14H12NO/c1-2-10-6-5-9-13-14(10)15-11-7-3-4-8-12(11)16-13/h3-9H,2H2,1H3. The Balaban J connectivity index is 2.12. The molecule has 1 radical (unpaired) electrons. The predicted molar refractivity (Wildman–Crippen MR) is 63.8 cm³/mol. The van der Waals surface area contributed by atoms with E-state index in [2.05, 4.69) is 18.3 Å². The van der Waals surface area contributed by atoms with Crippen LogP contribution in [0.2, 0.25) is 0 Å². The van der Waals surface area contributed by atoms with E-state index in [1.165, 1.54) is 5.56 Å². The Labute approximate surface area is 94.9 Å². The van der Waals surface area contributed by atoms with Gasteiger partial charge in [-0.05, 0) is 30.2 Å². The molecule has 2 aromatic carbocycles. The van der Waals surface area contributed by atoms with Crippen LogP contribution in [0.4, 0.5) is 11.4 Å². The van der Waals surface area contributed by atoms with Crippen molar-refractivity contribution in [2.24, 2.45) is 0 Å². The molecule has 1 heterocycles. The highest BCUT2D eigenvalue weighted by Gasteiger charge is 2.19. The van der Waals surface area contributed by atoms with Crippen LogP contribution in [0.15, 0.2) is 42.5 Å². The van der Waals surface area contributed by atoms with E-state index in [1.54, 1.807) is 0 Å². The van der Waals surface area contributed by atoms with Gasteiger partial charge in [0, 0.05) is 0 Å². The van der Waals surface area contributed by atoms with E-state index in [4.69, 9.17) is 4.74 Å². The van der Waals surface area contributed by atoms with Crippen molar-refractivity contribution in [3.05, 3.63) is 48.0 Å². The average molecular weight is 210 g/mol. The van der Waals surface area contributed by atoms with Gasteiger partial charge >= 0.3 is 0 Å². The molecular formula is C14H12NO. The van der Waals surface area contributed by atoms with E-state index in [1.807, 2.05) is 36.4 Å². The molecule has 2 nitrogen and oxygen atoms in total. The summed E-state index contributed by atoms with van der Waals surface area (Å²) in [4.78, 5) is 0. The van der Waals surface area contributed by atoms with Crippen molar-refractivity contribution in [3.8, 4) is 11.5 Å². The minimum atomic E-state index is 0.836. The fraction of sp³-hybridized carbons (Fsp3) is 0.143. The Bertz CT molecular complexity index is 534. The van der Waals surface area contributed by atoms with Crippen LogP contribution in [0.25, 0.3) is 0 Å². The van der Waals surface area contributed by atoms with Gasteiger partial charge in [0.15, 0.2) is 11.5 Å². The third-order valence-electron chi connectivity index (χ3n) is 2.78. The van der Waals surface area contributed by atoms with Gasteiger partial charge in [0.1, 0.15) is 11.4 Å². The van der Waals surface area contributed by atoms with Crippen molar-refractivity contribution in [2.75, 3.05) is 0 Å². The first-order valence-electron chi connectivity index (χ1n) is 5.49. The average Bonchev–Trinajstić information content (AvgIpc) is 2.35. The van der Waals surface area contributed by atoms with Crippen LogP contribution in [0.5, 0.6) is 11.5 Å². The summed E-state index contributed by atoms with van der Waals surface area (Å²) < 4.78 is 5.83. The van der Waals surface area contributed by atoms with Crippen LogP contribution >= 0.6 is 0 Å². The summed E-state index contributed by atoms with van der Waals surface area (Å²) >= 11 is 0. The molecule has 79 valence electrons. The molecule has 0 N–H and O–H groups in total. The quantitative estimate of drug-likeness (QED) is 0.597. The number of nitrogens with zero attached hydrogens (tertiary/aromatic N) is 1. The summed E-state index contributed by atoms with van der Waals surface area (Å²) in [7, 11) is 0. The molecule has 0 aliphatic carbocycles. The molecule has 16 heavy (non-hydrogen) atoms. The maximum Gasteiger partial charge on any atom is 0.153 e. The third kappa shape index (κ3) is 1.34. The van der Waals surface area contributed by atoms with Gasteiger partial charge in [0.25, 0.3) is 0 Å². The second-order valence-corrected chi connectivity index (χ2v) is 3.80. The van der Waals surface area contributed by atoms with E-state index in [0.717, 1.165) is 29.3 Å². The number of benzene rings is 2. The summed E-state index contributed by atoms with van der Waals surface area (Å²) in [5.41, 5.74) is 3.12. The highest BCUT2D eigenvalue weighted by Crippen LogP contribution is 2.43. The second kappa shape index (κ2) is 3.56. The van der Waals surface area contributed by atoms with Crippen LogP contribution in [0.1, 0.15) is 12.5 Å². The predicted octanol–water partition coefficient (Wildman–Crippen LogP) is 3.92. The Kier molecular flexibility index (Phi) is 2.07. The Morgan fingerprint density at radius 1 is 1.00 bits per heavy atom. The van der Waals surface area contributed by atoms with E-state index in [-0.39, 0.29) is 0 Å². The third-order valence-corrected chi connectivity index (χ3v) is 2.78. The number of hydrogen-bond acceptors (Lipinski definition) is 1. The fourth-order valence-electron chi connectivity index (χ4n) is 1.94. The Morgan fingerprint density at radius 2 is 1.81 bits per heavy atom. The largest absolute Gasteiger partial charge is 0.453 e. The zero-order valence-electron chi connectivity index (χ0n) is 9.10. The summed E-state index contributed by atoms with van der Waals surface area (Å²) in [6.45, 7) is 2.13. The van der Waals surface area contributed by atoms with Crippen molar-refractivity contribution in [1.29, 1.82) is 0 Å². The zero-order valence-corrected chi connectivity index (χ0v) is 9.10. The van der Waals surface area contributed by atoms with Gasteiger partial charge < -0.3 is 4.74 Å². The maximum atomic E-state index is 5.83. The molecule has 0 fully saturated rings. The van der Waals surface area contributed by atoms with E-state index in [0.29, 0.717) is 0 Å². The number of para-hydroxylation sites is 3. The Hall–Kier alpha value is -1.96. The molecule has 2 aromatic rings. The first-order chi connectivity index (χ1) is 7.88.